The molecule has 0 unspecified atom stereocenters. The number of amides is 2. The molecule has 25 heavy (non-hydrogen) atoms. The molecule has 2 aliphatic carbocycles. The van der Waals surface area contributed by atoms with Crippen LogP contribution in [0.5, 0.6) is 0 Å². The molecule has 1 fully saturated rings. The van der Waals surface area contributed by atoms with Crippen molar-refractivity contribution in [1.82, 2.24) is 9.62 Å². The number of anilines is 1. The van der Waals surface area contributed by atoms with Gasteiger partial charge in [-0.2, -0.15) is 0 Å². The van der Waals surface area contributed by atoms with Gasteiger partial charge in [0.2, 0.25) is 0 Å². The van der Waals surface area contributed by atoms with Gasteiger partial charge in [-0.15, -0.1) is 0 Å². The van der Waals surface area contributed by atoms with Crippen LogP contribution in [0.25, 0.3) is 0 Å². The van der Waals surface area contributed by atoms with Crippen molar-refractivity contribution in [3.05, 3.63) is 28.3 Å². The van der Waals surface area contributed by atoms with Gasteiger partial charge in [-0.05, 0) is 93.5 Å². The topological polar surface area (TPSA) is 44.4 Å². The maximum Gasteiger partial charge on any atom is 0.329 e. The van der Waals surface area contributed by atoms with Gasteiger partial charge in [0.25, 0.3) is 0 Å². The summed E-state index contributed by atoms with van der Waals surface area (Å²) in [5.41, 5.74) is 7.06. The lowest BCUT2D eigenvalue weighted by atomic mass is 9.99. The minimum Gasteiger partial charge on any atom is -0.307 e. The molecule has 0 spiro atoms. The van der Waals surface area contributed by atoms with Gasteiger partial charge in [-0.1, -0.05) is 6.07 Å². The highest BCUT2D eigenvalue weighted by Crippen LogP contribution is 2.38. The fourth-order valence-electron chi connectivity index (χ4n) is 4.30. The Morgan fingerprint density at radius 1 is 1.08 bits per heavy atom. The number of carbonyl (C=O) groups excluding carboxylic acids is 1. The number of hydrogen-bond acceptors (Lipinski definition) is 3. The molecule has 1 aromatic rings. The average molecular weight is 360 g/mol. The minimum atomic E-state index is -0.0615. The van der Waals surface area contributed by atoms with Crippen molar-refractivity contribution in [2.45, 2.75) is 70.1 Å². The molecule has 1 aromatic carbocycles. The normalized spacial score (nSPS) is 20.1. The number of fused-ring (bicyclic) bond motifs is 2. The number of nitrogens with zero attached hydrogens (tertiary/aromatic N) is 1. The number of aryl methyl sites for hydroxylation is 2. The Balaban J connectivity index is 1.36. The van der Waals surface area contributed by atoms with Gasteiger partial charge in [0.1, 0.15) is 0 Å². The Hall–Kier alpha value is -1.20. The van der Waals surface area contributed by atoms with Crippen LogP contribution in [0.2, 0.25) is 0 Å². The average Bonchev–Trinajstić information content (AvgIpc) is 3.12. The molecule has 5 heteroatoms. The molecule has 0 bridgehead atoms. The van der Waals surface area contributed by atoms with Gasteiger partial charge in [-0.25, -0.2) is 4.79 Å². The van der Waals surface area contributed by atoms with Crippen LogP contribution in [0, 0.1) is 0 Å². The number of hydrogen-bond donors (Lipinski definition) is 2. The van der Waals surface area contributed by atoms with Crippen LogP contribution in [0.15, 0.2) is 6.07 Å². The SMILES string of the molecule is CC(C)(C)N1CC(SNC(=O)Nc2c3c(cc4c2CCC4)CCC3)C1. The van der Waals surface area contributed by atoms with Crippen molar-refractivity contribution in [2.75, 3.05) is 18.4 Å². The van der Waals surface area contributed by atoms with Crippen molar-refractivity contribution in [2.24, 2.45) is 0 Å². The summed E-state index contributed by atoms with van der Waals surface area (Å²) in [5.74, 6) is 0. The number of carbonyl (C=O) groups is 1. The standard InChI is InChI=1S/C20H29N3OS/c1-20(2,3)23-11-15(12-23)25-22-19(24)21-18-16-8-4-6-13(16)10-14-7-5-9-17(14)18/h10,15H,4-9,11-12H2,1-3H3,(H2,21,22,24). The first-order chi connectivity index (χ1) is 11.9. The molecule has 1 aliphatic heterocycles. The maximum atomic E-state index is 12.5. The lowest BCUT2D eigenvalue weighted by Gasteiger charge is -2.47. The highest BCUT2D eigenvalue weighted by Gasteiger charge is 2.35. The zero-order valence-electron chi connectivity index (χ0n) is 15.6. The second kappa shape index (κ2) is 6.51. The van der Waals surface area contributed by atoms with E-state index in [1.807, 2.05) is 0 Å². The summed E-state index contributed by atoms with van der Waals surface area (Å²) in [6.07, 6.45) is 6.97. The van der Waals surface area contributed by atoms with Crippen LogP contribution in [0.3, 0.4) is 0 Å². The van der Waals surface area contributed by atoms with E-state index in [1.165, 1.54) is 47.9 Å². The quantitative estimate of drug-likeness (QED) is 0.804. The third-order valence-electron chi connectivity index (χ3n) is 5.83. The second-order valence-electron chi connectivity index (χ2n) is 8.61. The molecule has 4 nitrogen and oxygen atoms in total. The number of nitrogens with one attached hydrogen (secondary N) is 2. The fraction of sp³-hybridized carbons (Fsp3) is 0.650. The van der Waals surface area contributed by atoms with Gasteiger partial charge >= 0.3 is 6.03 Å². The Kier molecular flexibility index (Phi) is 4.49. The largest absolute Gasteiger partial charge is 0.329 e. The third kappa shape index (κ3) is 3.41. The monoisotopic (exact) mass is 359 g/mol. The number of rotatable bonds is 3. The van der Waals surface area contributed by atoms with E-state index in [-0.39, 0.29) is 11.6 Å². The van der Waals surface area contributed by atoms with Gasteiger partial charge in [0.15, 0.2) is 0 Å². The first-order valence-corrected chi connectivity index (χ1v) is 10.4. The summed E-state index contributed by atoms with van der Waals surface area (Å²) < 4.78 is 3.03. The van der Waals surface area contributed by atoms with Crippen LogP contribution in [0.1, 0.15) is 55.9 Å². The molecule has 2 amide bonds. The van der Waals surface area contributed by atoms with Crippen LogP contribution < -0.4 is 10.0 Å². The van der Waals surface area contributed by atoms with E-state index in [0.717, 1.165) is 31.6 Å². The molecule has 0 atom stereocenters. The van der Waals surface area contributed by atoms with Crippen molar-refractivity contribution in [3.8, 4) is 0 Å². The fourth-order valence-corrected chi connectivity index (χ4v) is 5.14. The first-order valence-electron chi connectivity index (χ1n) is 9.56. The van der Waals surface area contributed by atoms with E-state index < -0.39 is 0 Å². The molecule has 0 saturated carbocycles. The molecule has 0 aromatic heterocycles. The van der Waals surface area contributed by atoms with E-state index in [9.17, 15) is 4.79 Å². The van der Waals surface area contributed by atoms with Crippen LogP contribution in [0.4, 0.5) is 10.5 Å². The lowest BCUT2D eigenvalue weighted by molar-refractivity contribution is 0.0753. The van der Waals surface area contributed by atoms with Crippen LogP contribution in [-0.4, -0.2) is 34.8 Å². The molecule has 4 rings (SSSR count). The van der Waals surface area contributed by atoms with E-state index in [2.05, 4.69) is 41.8 Å². The smallest absolute Gasteiger partial charge is 0.307 e. The maximum absolute atomic E-state index is 12.5. The Morgan fingerprint density at radius 3 is 2.24 bits per heavy atom. The molecule has 3 aliphatic rings. The third-order valence-corrected chi connectivity index (χ3v) is 6.76. The van der Waals surface area contributed by atoms with E-state index >= 15 is 0 Å². The molecule has 2 N–H and O–H groups in total. The summed E-state index contributed by atoms with van der Waals surface area (Å²) in [4.78, 5) is 14.9. The van der Waals surface area contributed by atoms with Gasteiger partial charge < -0.3 is 5.32 Å². The van der Waals surface area contributed by atoms with Crippen LogP contribution in [-0.2, 0) is 25.7 Å². The van der Waals surface area contributed by atoms with Gasteiger partial charge in [0.05, 0.1) is 5.25 Å². The Morgan fingerprint density at radius 2 is 1.68 bits per heavy atom. The second-order valence-corrected chi connectivity index (χ2v) is 9.71. The summed E-state index contributed by atoms with van der Waals surface area (Å²) in [6.45, 7) is 8.81. The molecular weight excluding hydrogens is 330 g/mol. The lowest BCUT2D eigenvalue weighted by Crippen LogP contribution is -2.58. The van der Waals surface area contributed by atoms with Crippen molar-refractivity contribution < 1.29 is 4.79 Å². The summed E-state index contributed by atoms with van der Waals surface area (Å²) in [6, 6.07) is 2.34. The Bertz CT molecular complexity index is 657. The van der Waals surface area contributed by atoms with Crippen molar-refractivity contribution in [3.63, 3.8) is 0 Å². The molecule has 136 valence electrons. The summed E-state index contributed by atoms with van der Waals surface area (Å²) >= 11 is 1.57. The highest BCUT2D eigenvalue weighted by atomic mass is 32.2. The van der Waals surface area contributed by atoms with Gasteiger partial charge in [0, 0.05) is 24.3 Å². The van der Waals surface area contributed by atoms with Crippen molar-refractivity contribution in [1.29, 1.82) is 0 Å². The van der Waals surface area contributed by atoms with Gasteiger partial charge in [-0.3, -0.25) is 9.62 Å². The zero-order valence-corrected chi connectivity index (χ0v) is 16.4. The first kappa shape index (κ1) is 17.2. The molecule has 1 saturated heterocycles. The predicted molar refractivity (Wildman–Crippen MR) is 105 cm³/mol. The molecular formula is C20H29N3OS. The van der Waals surface area contributed by atoms with Crippen LogP contribution >= 0.6 is 11.9 Å². The summed E-state index contributed by atoms with van der Waals surface area (Å²) in [7, 11) is 0. The number of urea groups is 1. The zero-order chi connectivity index (χ0) is 17.6. The number of benzene rings is 1. The minimum absolute atomic E-state index is 0.0615. The summed E-state index contributed by atoms with van der Waals surface area (Å²) in [5, 5.41) is 3.70. The molecule has 1 heterocycles. The van der Waals surface area contributed by atoms with E-state index in [1.54, 1.807) is 11.9 Å². The predicted octanol–water partition coefficient (Wildman–Crippen LogP) is 3.92. The van der Waals surface area contributed by atoms with Crippen molar-refractivity contribution >= 4 is 23.7 Å². The van der Waals surface area contributed by atoms with E-state index in [4.69, 9.17) is 0 Å². The number of likely N-dealkylation sites (tertiary alicyclic amines) is 1. The van der Waals surface area contributed by atoms with E-state index in [0.29, 0.717) is 5.25 Å². The highest BCUT2D eigenvalue weighted by molar-refractivity contribution is 7.98. The molecule has 0 radical (unpaired) electrons. The Labute approximate surface area is 155 Å².